The van der Waals surface area contributed by atoms with Gasteiger partial charge in [0.1, 0.15) is 0 Å². The minimum atomic E-state index is -1.05. The zero-order valence-electron chi connectivity index (χ0n) is 14.3. The lowest BCUT2D eigenvalue weighted by Crippen LogP contribution is -2.04. The number of aromatic nitrogens is 1. The summed E-state index contributed by atoms with van der Waals surface area (Å²) in [5.74, 6) is -1.31. The molecule has 6 heteroatoms. The first-order valence-electron chi connectivity index (χ1n) is 8.29. The van der Waals surface area contributed by atoms with Crippen LogP contribution in [0.15, 0.2) is 48.5 Å². The van der Waals surface area contributed by atoms with Crippen LogP contribution in [0, 0.1) is 6.92 Å². The Morgan fingerprint density at radius 3 is 2.59 bits per heavy atom. The molecule has 0 atom stereocenters. The van der Waals surface area contributed by atoms with Gasteiger partial charge in [0.15, 0.2) is 0 Å². The Balaban J connectivity index is 1.91. The molecule has 0 saturated carbocycles. The number of carboxylic acid groups (broad SMARTS) is 1. The Bertz CT molecular complexity index is 1110. The molecule has 0 unspecified atom stereocenters. The molecule has 0 fully saturated rings. The third-order valence-corrected chi connectivity index (χ3v) is 4.74. The SMILES string of the molecule is Cc1cc(C(=O)O)c(/C=C2\C(=O)Nc3cccc(-c4ccc(Cl)cc4)c32)[nH]1. The molecule has 5 nitrogen and oxygen atoms in total. The van der Waals surface area contributed by atoms with Gasteiger partial charge >= 0.3 is 5.97 Å². The molecule has 0 radical (unpaired) electrons. The molecule has 3 N–H and O–H groups in total. The highest BCUT2D eigenvalue weighted by Gasteiger charge is 2.28. The second kappa shape index (κ2) is 6.45. The predicted molar refractivity (Wildman–Crippen MR) is 106 cm³/mol. The van der Waals surface area contributed by atoms with Gasteiger partial charge in [0.05, 0.1) is 16.8 Å². The highest BCUT2D eigenvalue weighted by atomic mass is 35.5. The first-order valence-corrected chi connectivity index (χ1v) is 8.67. The summed E-state index contributed by atoms with van der Waals surface area (Å²) >= 11 is 5.99. The van der Waals surface area contributed by atoms with Gasteiger partial charge in [-0.25, -0.2) is 4.79 Å². The van der Waals surface area contributed by atoms with Crippen LogP contribution in [0.25, 0.3) is 22.8 Å². The van der Waals surface area contributed by atoms with Gasteiger partial charge in [-0.1, -0.05) is 35.9 Å². The van der Waals surface area contributed by atoms with E-state index in [1.54, 1.807) is 31.2 Å². The maximum atomic E-state index is 12.6. The van der Waals surface area contributed by atoms with Crippen LogP contribution in [0.3, 0.4) is 0 Å². The molecule has 134 valence electrons. The summed E-state index contributed by atoms with van der Waals surface area (Å²) in [6.07, 6.45) is 1.59. The zero-order valence-corrected chi connectivity index (χ0v) is 15.1. The van der Waals surface area contributed by atoms with Crippen molar-refractivity contribution >= 4 is 40.8 Å². The van der Waals surface area contributed by atoms with Crippen molar-refractivity contribution in [1.29, 1.82) is 0 Å². The molecule has 1 aliphatic rings. The van der Waals surface area contributed by atoms with Crippen molar-refractivity contribution in [1.82, 2.24) is 4.98 Å². The summed E-state index contributed by atoms with van der Waals surface area (Å²) in [5.41, 5.74) is 4.87. The van der Waals surface area contributed by atoms with Crippen molar-refractivity contribution in [3.05, 3.63) is 76.1 Å². The average molecular weight is 379 g/mol. The van der Waals surface area contributed by atoms with E-state index >= 15 is 0 Å². The van der Waals surface area contributed by atoms with Gasteiger partial charge in [0, 0.05) is 22.0 Å². The minimum absolute atomic E-state index is 0.130. The van der Waals surface area contributed by atoms with Crippen molar-refractivity contribution in [2.75, 3.05) is 5.32 Å². The van der Waals surface area contributed by atoms with E-state index in [1.807, 2.05) is 30.3 Å². The summed E-state index contributed by atoms with van der Waals surface area (Å²) in [6.45, 7) is 1.77. The fourth-order valence-electron chi connectivity index (χ4n) is 3.30. The first kappa shape index (κ1) is 17.1. The lowest BCUT2D eigenvalue weighted by atomic mass is 9.94. The molecule has 1 amide bonds. The fraction of sp³-hybridized carbons (Fsp3) is 0.0476. The number of aromatic amines is 1. The molecule has 2 aromatic carbocycles. The number of aryl methyl sites for hydroxylation is 1. The molecule has 1 aliphatic heterocycles. The number of amides is 1. The Labute approximate surface area is 160 Å². The minimum Gasteiger partial charge on any atom is -0.478 e. The Kier molecular flexibility index (Phi) is 4.09. The number of anilines is 1. The molecule has 27 heavy (non-hydrogen) atoms. The number of carboxylic acids is 1. The topological polar surface area (TPSA) is 82.2 Å². The maximum absolute atomic E-state index is 12.6. The summed E-state index contributed by atoms with van der Waals surface area (Å²) in [5, 5.41) is 12.9. The van der Waals surface area contributed by atoms with Crippen LogP contribution >= 0.6 is 11.6 Å². The average Bonchev–Trinajstić information content (AvgIpc) is 3.16. The van der Waals surface area contributed by atoms with Crippen LogP contribution < -0.4 is 5.32 Å². The van der Waals surface area contributed by atoms with Crippen molar-refractivity contribution in [3.63, 3.8) is 0 Å². The fourth-order valence-corrected chi connectivity index (χ4v) is 3.43. The quantitative estimate of drug-likeness (QED) is 0.570. The molecule has 0 aliphatic carbocycles. The number of H-pyrrole nitrogens is 1. The molecular weight excluding hydrogens is 364 g/mol. The van der Waals surface area contributed by atoms with Crippen molar-refractivity contribution in [3.8, 4) is 11.1 Å². The summed E-state index contributed by atoms with van der Waals surface area (Å²) in [4.78, 5) is 27.1. The molecular formula is C21H15ClN2O3. The van der Waals surface area contributed by atoms with Crippen LogP contribution in [0.5, 0.6) is 0 Å². The van der Waals surface area contributed by atoms with E-state index in [2.05, 4.69) is 10.3 Å². The molecule has 0 spiro atoms. The lowest BCUT2D eigenvalue weighted by Gasteiger charge is -2.09. The van der Waals surface area contributed by atoms with Gasteiger partial charge in [-0.05, 0) is 48.4 Å². The van der Waals surface area contributed by atoms with E-state index in [9.17, 15) is 14.7 Å². The second-order valence-corrected chi connectivity index (χ2v) is 6.77. The standard InChI is InChI=1S/C21H15ClN2O3/c1-11-9-15(21(26)27)18(23-11)10-16-19-14(12-5-7-13(22)8-6-12)3-2-4-17(19)24-20(16)25/h2-10,23H,1H3,(H,24,25)(H,26,27)/b16-10-. The highest BCUT2D eigenvalue weighted by molar-refractivity contribution is 6.36. The number of rotatable bonds is 3. The van der Waals surface area contributed by atoms with E-state index in [1.165, 1.54) is 0 Å². The van der Waals surface area contributed by atoms with E-state index < -0.39 is 5.97 Å². The van der Waals surface area contributed by atoms with E-state index in [-0.39, 0.29) is 11.5 Å². The summed E-state index contributed by atoms with van der Waals surface area (Å²) < 4.78 is 0. The van der Waals surface area contributed by atoms with Gasteiger partial charge < -0.3 is 15.4 Å². The Morgan fingerprint density at radius 1 is 1.15 bits per heavy atom. The molecule has 0 bridgehead atoms. The third kappa shape index (κ3) is 3.02. The second-order valence-electron chi connectivity index (χ2n) is 6.33. The van der Waals surface area contributed by atoms with E-state index in [4.69, 9.17) is 11.6 Å². The Hall–Kier alpha value is -3.31. The van der Waals surface area contributed by atoms with E-state index in [0.717, 1.165) is 16.7 Å². The molecule has 3 aromatic rings. The number of halogens is 1. The molecule has 2 heterocycles. The van der Waals surface area contributed by atoms with Crippen LogP contribution in [0.4, 0.5) is 5.69 Å². The number of aromatic carboxylic acids is 1. The first-order chi connectivity index (χ1) is 12.9. The van der Waals surface area contributed by atoms with Crippen LogP contribution in [0.1, 0.15) is 27.3 Å². The summed E-state index contributed by atoms with van der Waals surface area (Å²) in [6, 6.07) is 14.5. The monoisotopic (exact) mass is 378 g/mol. The lowest BCUT2D eigenvalue weighted by molar-refractivity contribution is -0.110. The maximum Gasteiger partial charge on any atom is 0.337 e. The van der Waals surface area contributed by atoms with Crippen LogP contribution in [-0.4, -0.2) is 22.0 Å². The van der Waals surface area contributed by atoms with Crippen molar-refractivity contribution < 1.29 is 14.7 Å². The number of hydrogen-bond acceptors (Lipinski definition) is 2. The third-order valence-electron chi connectivity index (χ3n) is 4.48. The van der Waals surface area contributed by atoms with Crippen molar-refractivity contribution in [2.45, 2.75) is 6.92 Å². The largest absolute Gasteiger partial charge is 0.478 e. The molecule has 0 saturated heterocycles. The number of carbonyl (C=O) groups is 2. The highest BCUT2D eigenvalue weighted by Crippen LogP contribution is 2.40. The number of benzene rings is 2. The predicted octanol–water partition coefficient (Wildman–Crippen LogP) is 4.83. The zero-order chi connectivity index (χ0) is 19.1. The number of carbonyl (C=O) groups excluding carboxylic acids is 1. The van der Waals surface area contributed by atoms with Gasteiger partial charge in [0.25, 0.3) is 5.91 Å². The molecule has 1 aromatic heterocycles. The number of nitrogens with one attached hydrogen (secondary N) is 2. The Morgan fingerprint density at radius 2 is 1.89 bits per heavy atom. The summed E-state index contributed by atoms with van der Waals surface area (Å²) in [7, 11) is 0. The normalized spacial score (nSPS) is 14.3. The molecule has 4 rings (SSSR count). The van der Waals surface area contributed by atoms with Crippen LogP contribution in [-0.2, 0) is 4.79 Å². The van der Waals surface area contributed by atoms with E-state index in [0.29, 0.717) is 27.7 Å². The number of hydrogen-bond donors (Lipinski definition) is 3. The van der Waals surface area contributed by atoms with Gasteiger partial charge in [-0.2, -0.15) is 0 Å². The van der Waals surface area contributed by atoms with Gasteiger partial charge in [-0.3, -0.25) is 4.79 Å². The van der Waals surface area contributed by atoms with Gasteiger partial charge in [-0.15, -0.1) is 0 Å². The number of fused-ring (bicyclic) bond motifs is 1. The van der Waals surface area contributed by atoms with Gasteiger partial charge in [0.2, 0.25) is 0 Å². The van der Waals surface area contributed by atoms with Crippen LogP contribution in [0.2, 0.25) is 5.02 Å². The van der Waals surface area contributed by atoms with Crippen molar-refractivity contribution in [2.24, 2.45) is 0 Å². The smallest absolute Gasteiger partial charge is 0.337 e.